The second-order valence-corrected chi connectivity index (χ2v) is 5.53. The molecule has 0 saturated heterocycles. The van der Waals surface area contributed by atoms with Crippen LogP contribution in [-0.2, 0) is 6.54 Å². The fourth-order valence-corrected chi connectivity index (χ4v) is 2.78. The van der Waals surface area contributed by atoms with Gasteiger partial charge in [-0.1, -0.05) is 36.4 Å². The number of fused-ring (bicyclic) bond motifs is 1. The highest BCUT2D eigenvalue weighted by molar-refractivity contribution is 6.08. The Morgan fingerprint density at radius 1 is 1.17 bits per heavy atom. The van der Waals surface area contributed by atoms with Crippen molar-refractivity contribution in [2.45, 2.75) is 13.5 Å². The number of rotatable bonds is 6. The molecule has 1 heterocycles. The molecule has 1 aromatic heterocycles. The summed E-state index contributed by atoms with van der Waals surface area (Å²) in [5.74, 6) is 0.546. The number of aryl methyl sites for hydroxylation is 1. The lowest BCUT2D eigenvalue weighted by Crippen LogP contribution is -2.23. The maximum atomic E-state index is 12.6. The van der Waals surface area contributed by atoms with Crippen LogP contribution in [0.5, 0.6) is 5.75 Å². The zero-order valence-corrected chi connectivity index (χ0v) is 13.5. The van der Waals surface area contributed by atoms with Gasteiger partial charge in [-0.15, -0.1) is 0 Å². The number of nitrogens with one attached hydrogen (secondary N) is 2. The fourth-order valence-electron chi connectivity index (χ4n) is 2.78. The molecule has 1 amide bonds. The number of amides is 1. The molecular weight excluding hydrogens is 304 g/mol. The number of aliphatic hydroxyl groups excluding tert-OH is 1. The van der Waals surface area contributed by atoms with Crippen molar-refractivity contribution in [3.05, 3.63) is 65.4 Å². The third kappa shape index (κ3) is 3.26. The molecule has 5 heteroatoms. The number of aromatic amines is 1. The first-order valence-electron chi connectivity index (χ1n) is 7.87. The SMILES string of the molecule is Cc1[nH]c2ccccc2c1C(=O)NCc1ccccc1OCCO. The largest absolute Gasteiger partial charge is 0.491 e. The minimum Gasteiger partial charge on any atom is -0.491 e. The Labute approximate surface area is 140 Å². The number of benzene rings is 2. The number of carbonyl (C=O) groups excluding carboxylic acids is 1. The molecule has 0 aliphatic rings. The molecular formula is C19H20N2O3. The van der Waals surface area contributed by atoms with Crippen LogP contribution in [0.15, 0.2) is 48.5 Å². The summed E-state index contributed by atoms with van der Waals surface area (Å²) in [7, 11) is 0. The second-order valence-electron chi connectivity index (χ2n) is 5.53. The number of aromatic nitrogens is 1. The van der Waals surface area contributed by atoms with E-state index < -0.39 is 0 Å². The van der Waals surface area contributed by atoms with Crippen LogP contribution < -0.4 is 10.1 Å². The van der Waals surface area contributed by atoms with E-state index in [2.05, 4.69) is 10.3 Å². The van der Waals surface area contributed by atoms with Crippen molar-refractivity contribution in [2.75, 3.05) is 13.2 Å². The topological polar surface area (TPSA) is 74.4 Å². The molecule has 0 saturated carbocycles. The molecule has 0 fully saturated rings. The van der Waals surface area contributed by atoms with E-state index in [-0.39, 0.29) is 19.1 Å². The van der Waals surface area contributed by atoms with Crippen molar-refractivity contribution >= 4 is 16.8 Å². The number of carbonyl (C=O) groups is 1. The van der Waals surface area contributed by atoms with Gasteiger partial charge in [-0.05, 0) is 19.1 Å². The lowest BCUT2D eigenvalue weighted by atomic mass is 10.1. The van der Waals surface area contributed by atoms with Crippen LogP contribution in [-0.4, -0.2) is 29.2 Å². The average molecular weight is 324 g/mol. The first kappa shape index (κ1) is 16.1. The standard InChI is InChI=1S/C19H20N2O3/c1-13-18(15-7-3-4-8-16(15)21-13)19(23)20-12-14-6-2-5-9-17(14)24-11-10-22/h2-9,21-22H,10-12H2,1H3,(H,20,23). The Balaban J connectivity index is 1.77. The van der Waals surface area contributed by atoms with Crippen LogP contribution in [0.1, 0.15) is 21.6 Å². The Morgan fingerprint density at radius 3 is 2.75 bits per heavy atom. The van der Waals surface area contributed by atoms with E-state index >= 15 is 0 Å². The van der Waals surface area contributed by atoms with Crippen molar-refractivity contribution in [3.8, 4) is 5.75 Å². The van der Waals surface area contributed by atoms with Gasteiger partial charge in [-0.3, -0.25) is 4.79 Å². The van der Waals surface area contributed by atoms with E-state index in [0.29, 0.717) is 17.9 Å². The Bertz CT molecular complexity index is 855. The number of aliphatic hydroxyl groups is 1. The van der Waals surface area contributed by atoms with Gasteiger partial charge in [0, 0.05) is 28.7 Å². The Morgan fingerprint density at radius 2 is 1.92 bits per heavy atom. The Kier molecular flexibility index (Phi) is 4.82. The third-order valence-electron chi connectivity index (χ3n) is 3.88. The summed E-state index contributed by atoms with van der Waals surface area (Å²) >= 11 is 0. The van der Waals surface area contributed by atoms with Gasteiger partial charge in [0.2, 0.25) is 0 Å². The number of H-pyrrole nitrogens is 1. The van der Waals surface area contributed by atoms with Crippen molar-refractivity contribution in [1.29, 1.82) is 0 Å². The predicted molar refractivity (Wildman–Crippen MR) is 93.2 cm³/mol. The lowest BCUT2D eigenvalue weighted by Gasteiger charge is -2.11. The third-order valence-corrected chi connectivity index (χ3v) is 3.88. The highest BCUT2D eigenvalue weighted by Crippen LogP contribution is 2.22. The highest BCUT2D eigenvalue weighted by atomic mass is 16.5. The second kappa shape index (κ2) is 7.19. The van der Waals surface area contributed by atoms with Gasteiger partial charge in [0.1, 0.15) is 12.4 Å². The van der Waals surface area contributed by atoms with Crippen LogP contribution in [0.3, 0.4) is 0 Å². The lowest BCUT2D eigenvalue weighted by molar-refractivity contribution is 0.0951. The van der Waals surface area contributed by atoms with E-state index in [0.717, 1.165) is 22.2 Å². The summed E-state index contributed by atoms with van der Waals surface area (Å²) < 4.78 is 5.50. The quantitative estimate of drug-likeness (QED) is 0.653. The molecule has 0 radical (unpaired) electrons. The summed E-state index contributed by atoms with van der Waals surface area (Å²) in [4.78, 5) is 15.9. The summed E-state index contributed by atoms with van der Waals surface area (Å²) in [6.45, 7) is 2.44. The molecule has 3 rings (SSSR count). The molecule has 0 atom stereocenters. The molecule has 5 nitrogen and oxygen atoms in total. The molecule has 124 valence electrons. The normalized spacial score (nSPS) is 10.8. The summed E-state index contributed by atoms with van der Waals surface area (Å²) in [6, 6.07) is 15.2. The summed E-state index contributed by atoms with van der Waals surface area (Å²) in [5.41, 5.74) is 3.33. The summed E-state index contributed by atoms with van der Waals surface area (Å²) in [5, 5.41) is 12.8. The monoisotopic (exact) mass is 324 g/mol. The van der Waals surface area contributed by atoms with Gasteiger partial charge < -0.3 is 20.1 Å². The van der Waals surface area contributed by atoms with Gasteiger partial charge in [0.05, 0.1) is 12.2 Å². The predicted octanol–water partition coefficient (Wildman–Crippen LogP) is 2.78. The molecule has 24 heavy (non-hydrogen) atoms. The van der Waals surface area contributed by atoms with E-state index in [1.165, 1.54) is 0 Å². The van der Waals surface area contributed by atoms with Gasteiger partial charge in [-0.2, -0.15) is 0 Å². The van der Waals surface area contributed by atoms with E-state index in [1.807, 2.05) is 55.5 Å². The fraction of sp³-hybridized carbons (Fsp3) is 0.211. The van der Waals surface area contributed by atoms with E-state index in [9.17, 15) is 4.79 Å². The van der Waals surface area contributed by atoms with Crippen LogP contribution >= 0.6 is 0 Å². The van der Waals surface area contributed by atoms with Crippen molar-refractivity contribution in [3.63, 3.8) is 0 Å². The molecule has 0 unspecified atom stereocenters. The maximum Gasteiger partial charge on any atom is 0.253 e. The van der Waals surface area contributed by atoms with E-state index in [1.54, 1.807) is 0 Å². The highest BCUT2D eigenvalue weighted by Gasteiger charge is 2.16. The number of ether oxygens (including phenoxy) is 1. The van der Waals surface area contributed by atoms with Crippen molar-refractivity contribution in [1.82, 2.24) is 10.3 Å². The number of hydrogen-bond acceptors (Lipinski definition) is 3. The Hall–Kier alpha value is -2.79. The molecule has 3 aromatic rings. The van der Waals surface area contributed by atoms with Crippen LogP contribution in [0.2, 0.25) is 0 Å². The van der Waals surface area contributed by atoms with Crippen molar-refractivity contribution < 1.29 is 14.6 Å². The molecule has 0 aliphatic carbocycles. The van der Waals surface area contributed by atoms with Gasteiger partial charge in [0.15, 0.2) is 0 Å². The van der Waals surface area contributed by atoms with Crippen molar-refractivity contribution in [2.24, 2.45) is 0 Å². The number of hydrogen-bond donors (Lipinski definition) is 3. The molecule has 0 bridgehead atoms. The minimum absolute atomic E-state index is 0.0464. The zero-order chi connectivity index (χ0) is 16.9. The maximum absolute atomic E-state index is 12.6. The smallest absolute Gasteiger partial charge is 0.253 e. The first-order valence-corrected chi connectivity index (χ1v) is 7.87. The van der Waals surface area contributed by atoms with Crippen LogP contribution in [0.25, 0.3) is 10.9 Å². The van der Waals surface area contributed by atoms with Gasteiger partial charge in [-0.25, -0.2) is 0 Å². The molecule has 2 aromatic carbocycles. The average Bonchev–Trinajstić information content (AvgIpc) is 2.94. The van der Waals surface area contributed by atoms with Crippen LogP contribution in [0.4, 0.5) is 0 Å². The van der Waals surface area contributed by atoms with Gasteiger partial charge >= 0.3 is 0 Å². The molecule has 0 aliphatic heterocycles. The van der Waals surface area contributed by atoms with E-state index in [4.69, 9.17) is 9.84 Å². The van der Waals surface area contributed by atoms with Gasteiger partial charge in [0.25, 0.3) is 5.91 Å². The molecule has 3 N–H and O–H groups in total. The molecule has 0 spiro atoms. The minimum atomic E-state index is -0.123. The number of para-hydroxylation sites is 2. The zero-order valence-electron chi connectivity index (χ0n) is 13.5. The first-order chi connectivity index (χ1) is 11.7. The van der Waals surface area contributed by atoms with Crippen LogP contribution in [0, 0.1) is 6.92 Å². The summed E-state index contributed by atoms with van der Waals surface area (Å²) in [6.07, 6.45) is 0.